The molecule has 152 valence electrons. The molecule has 1 fully saturated rings. The lowest BCUT2D eigenvalue weighted by Crippen LogP contribution is -2.37. The fraction of sp³-hybridized carbons (Fsp3) is 0.304. The van der Waals surface area contributed by atoms with Gasteiger partial charge in [-0.1, -0.05) is 30.8 Å². The van der Waals surface area contributed by atoms with Gasteiger partial charge < -0.3 is 9.47 Å². The maximum absolute atomic E-state index is 13.1. The largest absolute Gasteiger partial charge is 0.497 e. The predicted molar refractivity (Wildman–Crippen MR) is 120 cm³/mol. The Morgan fingerprint density at radius 2 is 2.07 bits per heavy atom. The Kier molecular flexibility index (Phi) is 6.99. The predicted octanol–water partition coefficient (Wildman–Crippen LogP) is 5.07. The van der Waals surface area contributed by atoms with Crippen LogP contribution in [-0.2, 0) is 4.79 Å². The average molecular weight is 411 g/mol. The molecular formula is C23H26N2O3S. The number of carbonyl (C=O) groups is 1. The van der Waals surface area contributed by atoms with E-state index in [1.807, 2.05) is 49.4 Å². The minimum atomic E-state index is -0.0851. The number of amidine groups is 1. The van der Waals surface area contributed by atoms with Crippen LogP contribution in [0.3, 0.4) is 0 Å². The molecule has 0 radical (unpaired) electrons. The van der Waals surface area contributed by atoms with Crippen molar-refractivity contribution in [2.24, 2.45) is 4.99 Å². The molecule has 0 saturated carbocycles. The first-order valence-corrected chi connectivity index (χ1v) is 10.6. The Morgan fingerprint density at radius 3 is 2.76 bits per heavy atom. The highest BCUT2D eigenvalue weighted by Gasteiger charge is 2.32. The minimum Gasteiger partial charge on any atom is -0.497 e. The van der Waals surface area contributed by atoms with Crippen molar-refractivity contribution >= 4 is 34.6 Å². The molecule has 1 aliphatic rings. The molecule has 1 heterocycles. The van der Waals surface area contributed by atoms with Gasteiger partial charge in [-0.2, -0.15) is 0 Å². The summed E-state index contributed by atoms with van der Waals surface area (Å²) in [6.07, 6.45) is 4.23. The first-order valence-electron chi connectivity index (χ1n) is 9.57. The summed E-state index contributed by atoms with van der Waals surface area (Å²) in [5, 5.41) is 0.745. The lowest BCUT2D eigenvalue weighted by molar-refractivity contribution is -0.123. The second-order valence-corrected chi connectivity index (χ2v) is 7.74. The van der Waals surface area contributed by atoms with Gasteiger partial charge >= 0.3 is 0 Å². The van der Waals surface area contributed by atoms with Crippen LogP contribution in [-0.4, -0.2) is 42.0 Å². The zero-order valence-electron chi connectivity index (χ0n) is 17.2. The second-order valence-electron chi connectivity index (χ2n) is 6.76. The fourth-order valence-electron chi connectivity index (χ4n) is 3.15. The van der Waals surface area contributed by atoms with E-state index in [-0.39, 0.29) is 11.9 Å². The molecular weight excluding hydrogens is 384 g/mol. The van der Waals surface area contributed by atoms with E-state index in [2.05, 4.69) is 6.92 Å². The van der Waals surface area contributed by atoms with Crippen LogP contribution in [0.2, 0.25) is 0 Å². The van der Waals surface area contributed by atoms with E-state index in [9.17, 15) is 4.79 Å². The van der Waals surface area contributed by atoms with Crippen LogP contribution in [0.25, 0.3) is 6.08 Å². The van der Waals surface area contributed by atoms with Crippen molar-refractivity contribution < 1.29 is 14.3 Å². The molecule has 3 rings (SSSR count). The number of aryl methyl sites for hydroxylation is 1. The van der Waals surface area contributed by atoms with Crippen LogP contribution in [0.5, 0.6) is 11.5 Å². The molecule has 5 nitrogen and oxygen atoms in total. The SMILES string of the molecule is CC[C@H]1CSC(=Nc2cccc(C)c2)N1C(=O)/C=C/c1cc(OC)ccc1OC. The van der Waals surface area contributed by atoms with Gasteiger partial charge in [0, 0.05) is 23.4 Å². The van der Waals surface area contributed by atoms with Gasteiger partial charge in [-0.3, -0.25) is 9.69 Å². The zero-order chi connectivity index (χ0) is 20.8. The Labute approximate surface area is 176 Å². The monoisotopic (exact) mass is 410 g/mol. The molecule has 6 heteroatoms. The Bertz CT molecular complexity index is 939. The standard InChI is InChI=1S/C23H26N2O3S/c1-5-19-15-29-23(24-18-8-6-7-16(2)13-18)25(19)22(26)12-9-17-14-20(27-3)10-11-21(17)28-4/h6-14,19H,5,15H2,1-4H3/b12-9+,24-23?/t19-/m0/s1. The third-order valence-electron chi connectivity index (χ3n) is 4.75. The first kappa shape index (κ1) is 21.0. The quantitative estimate of drug-likeness (QED) is 0.624. The smallest absolute Gasteiger partial charge is 0.252 e. The Balaban J connectivity index is 1.88. The van der Waals surface area contributed by atoms with E-state index in [0.29, 0.717) is 11.5 Å². The van der Waals surface area contributed by atoms with Crippen LogP contribution >= 0.6 is 11.8 Å². The van der Waals surface area contributed by atoms with Crippen molar-refractivity contribution in [2.75, 3.05) is 20.0 Å². The normalized spacial score (nSPS) is 17.9. The molecule has 1 aliphatic heterocycles. The molecule has 0 unspecified atom stereocenters. The van der Waals surface area contributed by atoms with Crippen molar-refractivity contribution in [3.05, 3.63) is 59.7 Å². The maximum Gasteiger partial charge on any atom is 0.252 e. The molecule has 0 aliphatic carbocycles. The van der Waals surface area contributed by atoms with Gasteiger partial charge in [-0.05, 0) is 55.3 Å². The molecule has 0 bridgehead atoms. The van der Waals surface area contributed by atoms with E-state index in [1.54, 1.807) is 43.0 Å². The number of hydrogen-bond donors (Lipinski definition) is 0. The Morgan fingerprint density at radius 1 is 1.24 bits per heavy atom. The number of methoxy groups -OCH3 is 2. The number of ether oxygens (including phenoxy) is 2. The van der Waals surface area contributed by atoms with Crippen molar-refractivity contribution in [3.8, 4) is 11.5 Å². The van der Waals surface area contributed by atoms with Crippen molar-refractivity contribution in [1.29, 1.82) is 0 Å². The van der Waals surface area contributed by atoms with Crippen molar-refractivity contribution in [3.63, 3.8) is 0 Å². The zero-order valence-corrected chi connectivity index (χ0v) is 18.0. The number of amides is 1. The number of thioether (sulfide) groups is 1. The van der Waals surface area contributed by atoms with E-state index < -0.39 is 0 Å². The third kappa shape index (κ3) is 5.01. The van der Waals surface area contributed by atoms with Gasteiger partial charge in [0.1, 0.15) is 11.5 Å². The summed E-state index contributed by atoms with van der Waals surface area (Å²) >= 11 is 1.62. The van der Waals surface area contributed by atoms with Gasteiger partial charge in [0.25, 0.3) is 5.91 Å². The molecule has 29 heavy (non-hydrogen) atoms. The Hall–Kier alpha value is -2.73. The van der Waals surface area contributed by atoms with Crippen LogP contribution in [0.1, 0.15) is 24.5 Å². The number of rotatable bonds is 6. The van der Waals surface area contributed by atoms with Crippen LogP contribution in [0, 0.1) is 6.92 Å². The molecule has 0 N–H and O–H groups in total. The van der Waals surface area contributed by atoms with Crippen LogP contribution in [0.4, 0.5) is 5.69 Å². The summed E-state index contributed by atoms with van der Waals surface area (Å²) in [4.78, 5) is 19.6. The highest BCUT2D eigenvalue weighted by atomic mass is 32.2. The molecule has 0 spiro atoms. The highest BCUT2D eigenvalue weighted by Crippen LogP contribution is 2.30. The summed E-state index contributed by atoms with van der Waals surface area (Å²) in [5.41, 5.74) is 2.79. The third-order valence-corrected chi connectivity index (χ3v) is 5.85. The number of aliphatic imine (C=N–C) groups is 1. The van der Waals surface area contributed by atoms with E-state index in [4.69, 9.17) is 14.5 Å². The average Bonchev–Trinajstić information content (AvgIpc) is 3.14. The summed E-state index contributed by atoms with van der Waals surface area (Å²) in [7, 11) is 3.22. The lowest BCUT2D eigenvalue weighted by atomic mass is 10.1. The second kappa shape index (κ2) is 9.65. The molecule has 1 atom stereocenters. The number of nitrogens with zero attached hydrogens (tertiary/aromatic N) is 2. The first-order chi connectivity index (χ1) is 14.0. The fourth-order valence-corrected chi connectivity index (χ4v) is 4.43. The molecule has 2 aromatic rings. The lowest BCUT2D eigenvalue weighted by Gasteiger charge is -2.21. The topological polar surface area (TPSA) is 51.1 Å². The molecule has 1 amide bonds. The highest BCUT2D eigenvalue weighted by molar-refractivity contribution is 8.14. The van der Waals surface area contributed by atoms with E-state index in [1.165, 1.54) is 0 Å². The molecule has 1 saturated heterocycles. The van der Waals surface area contributed by atoms with Gasteiger partial charge in [-0.15, -0.1) is 0 Å². The minimum absolute atomic E-state index is 0.0851. The van der Waals surface area contributed by atoms with Gasteiger partial charge in [-0.25, -0.2) is 4.99 Å². The summed E-state index contributed by atoms with van der Waals surface area (Å²) in [6, 6.07) is 13.6. The number of hydrogen-bond acceptors (Lipinski definition) is 5. The van der Waals surface area contributed by atoms with E-state index >= 15 is 0 Å². The van der Waals surface area contributed by atoms with Crippen molar-refractivity contribution in [2.45, 2.75) is 26.3 Å². The van der Waals surface area contributed by atoms with Gasteiger partial charge in [0.15, 0.2) is 5.17 Å². The van der Waals surface area contributed by atoms with Gasteiger partial charge in [0.2, 0.25) is 0 Å². The summed E-state index contributed by atoms with van der Waals surface area (Å²) in [5.74, 6) is 2.16. The molecule has 2 aromatic carbocycles. The van der Waals surface area contributed by atoms with Gasteiger partial charge in [0.05, 0.1) is 19.9 Å². The molecule has 0 aromatic heterocycles. The number of carbonyl (C=O) groups excluding carboxylic acids is 1. The van der Waals surface area contributed by atoms with E-state index in [0.717, 1.165) is 34.2 Å². The summed E-state index contributed by atoms with van der Waals surface area (Å²) in [6.45, 7) is 4.13. The summed E-state index contributed by atoms with van der Waals surface area (Å²) < 4.78 is 10.7. The maximum atomic E-state index is 13.1. The van der Waals surface area contributed by atoms with Crippen LogP contribution in [0.15, 0.2) is 53.5 Å². The van der Waals surface area contributed by atoms with Crippen molar-refractivity contribution in [1.82, 2.24) is 4.90 Å². The van der Waals surface area contributed by atoms with Crippen LogP contribution < -0.4 is 9.47 Å². The number of benzene rings is 2.